The Morgan fingerprint density at radius 2 is 2.06 bits per heavy atom. The highest BCUT2D eigenvalue weighted by molar-refractivity contribution is 6.35. The Morgan fingerprint density at radius 1 is 1.24 bits per heavy atom. The molecule has 0 amide bonds. The van der Waals surface area contributed by atoms with Gasteiger partial charge in [0.15, 0.2) is 5.75 Å². The third-order valence-electron chi connectivity index (χ3n) is 5.51. The summed E-state index contributed by atoms with van der Waals surface area (Å²) in [4.78, 5) is 13.8. The minimum Gasteiger partial charge on any atom is -0.488 e. The lowest BCUT2D eigenvalue weighted by Crippen LogP contribution is -2.43. The Balaban J connectivity index is 1.64. The number of ether oxygens (including phenoxy) is 1. The summed E-state index contributed by atoms with van der Waals surface area (Å²) in [7, 11) is 0. The zero-order chi connectivity index (χ0) is 23.3. The maximum atomic E-state index is 13.2. The van der Waals surface area contributed by atoms with Crippen LogP contribution < -0.4 is 9.64 Å². The number of imidazole rings is 1. The molecule has 4 aromatic rings. The average Bonchev–Trinajstić information content (AvgIpc) is 3.23. The van der Waals surface area contributed by atoms with Gasteiger partial charge >= 0.3 is 6.18 Å². The second-order valence-corrected chi connectivity index (χ2v) is 8.21. The van der Waals surface area contributed by atoms with Crippen LogP contribution in [0.3, 0.4) is 0 Å². The molecule has 1 aliphatic heterocycles. The molecule has 170 valence electrons. The topological polar surface area (TPSA) is 74.3 Å². The van der Waals surface area contributed by atoms with Gasteiger partial charge in [-0.05, 0) is 42.8 Å². The van der Waals surface area contributed by atoms with Gasteiger partial charge in [-0.15, -0.1) is 0 Å². The molecule has 1 atom stereocenters. The number of alkyl halides is 3. The van der Waals surface area contributed by atoms with Crippen LogP contribution in [0.25, 0.3) is 22.4 Å². The van der Waals surface area contributed by atoms with E-state index in [4.69, 9.17) is 16.3 Å². The second kappa shape index (κ2) is 7.93. The summed E-state index contributed by atoms with van der Waals surface area (Å²) in [5.74, 6) is 1.45. The fraction of sp³-hybridized carbons (Fsp3) is 0.217. The number of halogens is 4. The van der Waals surface area contributed by atoms with E-state index < -0.39 is 11.7 Å². The molecule has 5 rings (SSSR count). The van der Waals surface area contributed by atoms with E-state index in [1.165, 1.54) is 0 Å². The number of aryl methyl sites for hydroxylation is 1. The van der Waals surface area contributed by atoms with Crippen LogP contribution in [0.5, 0.6) is 5.75 Å². The molecular formula is C23H18ClF3N4O2. The number of H-pyrrole nitrogens is 1. The average molecular weight is 475 g/mol. The predicted molar refractivity (Wildman–Crippen MR) is 119 cm³/mol. The third-order valence-corrected chi connectivity index (χ3v) is 5.80. The Labute approximate surface area is 191 Å². The highest BCUT2D eigenvalue weighted by atomic mass is 35.5. The van der Waals surface area contributed by atoms with Crippen LogP contribution in [0, 0.1) is 6.92 Å². The number of nitrogens with zero attached hydrogens (tertiary/aromatic N) is 3. The molecule has 1 unspecified atom stereocenters. The van der Waals surface area contributed by atoms with Gasteiger partial charge in [0.1, 0.15) is 23.8 Å². The van der Waals surface area contributed by atoms with Crippen LogP contribution in [0.4, 0.5) is 24.7 Å². The molecule has 0 saturated heterocycles. The van der Waals surface area contributed by atoms with Gasteiger partial charge in [0, 0.05) is 6.20 Å². The molecule has 3 heterocycles. The summed E-state index contributed by atoms with van der Waals surface area (Å²) in [6.07, 6.45) is -2.79. The van der Waals surface area contributed by atoms with Crippen LogP contribution in [0.2, 0.25) is 5.02 Å². The van der Waals surface area contributed by atoms with E-state index in [1.54, 1.807) is 18.3 Å². The van der Waals surface area contributed by atoms with Crippen molar-refractivity contribution < 1.29 is 23.0 Å². The van der Waals surface area contributed by atoms with E-state index in [9.17, 15) is 18.3 Å². The number of aromatic nitrogens is 3. The molecule has 2 aromatic heterocycles. The predicted octanol–water partition coefficient (Wildman–Crippen LogP) is 5.50. The minimum atomic E-state index is -4.53. The second-order valence-electron chi connectivity index (χ2n) is 7.80. The molecule has 6 nitrogen and oxygen atoms in total. The zero-order valence-corrected chi connectivity index (χ0v) is 18.1. The van der Waals surface area contributed by atoms with Crippen molar-refractivity contribution in [2.45, 2.75) is 19.1 Å². The van der Waals surface area contributed by atoms with E-state index in [1.807, 2.05) is 30.0 Å². The van der Waals surface area contributed by atoms with Crippen molar-refractivity contribution in [2.24, 2.45) is 0 Å². The highest BCUT2D eigenvalue weighted by Gasteiger charge is 2.33. The molecule has 0 bridgehead atoms. The van der Waals surface area contributed by atoms with E-state index in [0.717, 1.165) is 17.7 Å². The van der Waals surface area contributed by atoms with Crippen LogP contribution >= 0.6 is 11.6 Å². The van der Waals surface area contributed by atoms with Crippen molar-refractivity contribution in [1.82, 2.24) is 15.0 Å². The first-order chi connectivity index (χ1) is 15.8. The van der Waals surface area contributed by atoms with Crippen molar-refractivity contribution >= 4 is 34.1 Å². The number of para-hydroxylation sites is 1. The summed E-state index contributed by atoms with van der Waals surface area (Å²) in [6.45, 7) is 1.97. The van der Waals surface area contributed by atoms with Gasteiger partial charge in [0.25, 0.3) is 0 Å². The van der Waals surface area contributed by atoms with Gasteiger partial charge in [-0.3, -0.25) is 0 Å². The molecule has 0 saturated carbocycles. The van der Waals surface area contributed by atoms with Crippen molar-refractivity contribution in [3.63, 3.8) is 0 Å². The molecule has 0 spiro atoms. The molecule has 0 fully saturated rings. The molecule has 0 radical (unpaired) electrons. The quantitative estimate of drug-likeness (QED) is 0.410. The normalized spacial score (nSPS) is 16.1. The first-order valence-electron chi connectivity index (χ1n) is 10.1. The lowest BCUT2D eigenvalue weighted by molar-refractivity contribution is -0.137. The number of pyridine rings is 1. The van der Waals surface area contributed by atoms with Crippen LogP contribution in [0.15, 0.2) is 48.7 Å². The number of fused-ring (bicyclic) bond motifs is 2. The Hall–Kier alpha value is -3.30. The SMILES string of the molecule is Cc1ccc(N2c3cccc(-c4nc5c(Cl)cc(C(F)(F)F)cc5[nH]4)c3OCC2CO)nc1. The van der Waals surface area contributed by atoms with E-state index >= 15 is 0 Å². The van der Waals surface area contributed by atoms with E-state index in [0.29, 0.717) is 28.6 Å². The number of nitrogens with one attached hydrogen (secondary N) is 1. The van der Waals surface area contributed by atoms with Gasteiger partial charge in [-0.2, -0.15) is 13.2 Å². The van der Waals surface area contributed by atoms with Crippen molar-refractivity contribution in [2.75, 3.05) is 18.1 Å². The molecule has 1 aliphatic rings. The van der Waals surface area contributed by atoms with Gasteiger partial charge < -0.3 is 19.7 Å². The number of benzene rings is 2. The first-order valence-corrected chi connectivity index (χ1v) is 10.5. The maximum Gasteiger partial charge on any atom is 0.416 e. The summed E-state index contributed by atoms with van der Waals surface area (Å²) in [5.41, 5.74) is 1.77. The van der Waals surface area contributed by atoms with E-state index in [-0.39, 0.29) is 35.3 Å². The molecule has 33 heavy (non-hydrogen) atoms. The molecule has 2 aromatic carbocycles. The van der Waals surface area contributed by atoms with Gasteiger partial charge in [0.2, 0.25) is 0 Å². The van der Waals surface area contributed by atoms with Crippen LogP contribution in [-0.2, 0) is 6.18 Å². The molecule has 2 N–H and O–H groups in total. The van der Waals surface area contributed by atoms with Crippen molar-refractivity contribution in [3.8, 4) is 17.1 Å². The lowest BCUT2D eigenvalue weighted by atomic mass is 10.1. The molecular weight excluding hydrogens is 457 g/mol. The Morgan fingerprint density at radius 3 is 2.76 bits per heavy atom. The lowest BCUT2D eigenvalue weighted by Gasteiger charge is -2.37. The summed E-state index contributed by atoms with van der Waals surface area (Å²) in [5, 5.41) is 9.83. The minimum absolute atomic E-state index is 0.0983. The third kappa shape index (κ3) is 3.77. The number of aromatic amines is 1. The fourth-order valence-corrected chi connectivity index (χ4v) is 4.18. The number of rotatable bonds is 3. The van der Waals surface area contributed by atoms with Crippen LogP contribution in [-0.4, -0.2) is 39.3 Å². The zero-order valence-electron chi connectivity index (χ0n) is 17.3. The Kier molecular flexibility index (Phi) is 5.18. The largest absolute Gasteiger partial charge is 0.488 e. The Bertz CT molecular complexity index is 1340. The number of anilines is 2. The number of aliphatic hydroxyl groups is 1. The number of aliphatic hydroxyl groups excluding tert-OH is 1. The smallest absolute Gasteiger partial charge is 0.416 e. The van der Waals surface area contributed by atoms with Gasteiger partial charge in [0.05, 0.1) is 40.0 Å². The van der Waals surface area contributed by atoms with Gasteiger partial charge in [-0.25, -0.2) is 9.97 Å². The molecule has 10 heteroatoms. The first kappa shape index (κ1) is 21.5. The van der Waals surface area contributed by atoms with E-state index in [2.05, 4.69) is 15.0 Å². The summed E-state index contributed by atoms with van der Waals surface area (Å²) >= 11 is 6.11. The fourth-order valence-electron chi connectivity index (χ4n) is 3.92. The van der Waals surface area contributed by atoms with Crippen LogP contribution in [0.1, 0.15) is 11.1 Å². The number of hydrogen-bond acceptors (Lipinski definition) is 5. The number of hydrogen-bond donors (Lipinski definition) is 2. The monoisotopic (exact) mass is 474 g/mol. The standard InChI is InChI=1S/C23H18ClF3N4O2/c1-12-5-6-19(28-9-12)31-14(10-32)11-33-21-15(3-2-4-18(21)31)22-29-17-8-13(23(25,26)27)7-16(24)20(17)30-22/h2-9,14,32H,10-11H2,1H3,(H,29,30). The highest BCUT2D eigenvalue weighted by Crippen LogP contribution is 2.44. The maximum absolute atomic E-state index is 13.2. The van der Waals surface area contributed by atoms with Gasteiger partial charge in [-0.1, -0.05) is 23.7 Å². The summed E-state index contributed by atoms with van der Waals surface area (Å²) in [6, 6.07) is 10.7. The van der Waals surface area contributed by atoms with Crippen molar-refractivity contribution in [3.05, 3.63) is 64.8 Å². The summed E-state index contributed by atoms with van der Waals surface area (Å²) < 4.78 is 45.6. The van der Waals surface area contributed by atoms with Crippen molar-refractivity contribution in [1.29, 1.82) is 0 Å². The molecule has 0 aliphatic carbocycles.